The van der Waals surface area contributed by atoms with E-state index in [2.05, 4.69) is 16.0 Å². The van der Waals surface area contributed by atoms with Crippen LogP contribution in [0, 0.1) is 0 Å². The predicted octanol–water partition coefficient (Wildman–Crippen LogP) is 3.05. The highest BCUT2D eigenvalue weighted by molar-refractivity contribution is 5.95. The molecule has 6 heteroatoms. The van der Waals surface area contributed by atoms with Gasteiger partial charge in [-0.1, -0.05) is 56.0 Å². The number of benzene rings is 1. The Balaban J connectivity index is 1.51. The van der Waals surface area contributed by atoms with Gasteiger partial charge in [0.2, 0.25) is 5.91 Å². The van der Waals surface area contributed by atoms with Crippen molar-refractivity contribution in [3.63, 3.8) is 0 Å². The predicted molar refractivity (Wildman–Crippen MR) is 113 cm³/mol. The fraction of sp³-hybridized carbons (Fsp3) is 0.478. The molecule has 29 heavy (non-hydrogen) atoms. The summed E-state index contributed by atoms with van der Waals surface area (Å²) in [7, 11) is 0. The Morgan fingerprint density at radius 1 is 0.966 bits per heavy atom. The van der Waals surface area contributed by atoms with E-state index in [-0.39, 0.29) is 17.6 Å². The van der Waals surface area contributed by atoms with Gasteiger partial charge in [0, 0.05) is 25.6 Å². The number of nitrogens with one attached hydrogen (secondary N) is 3. The van der Waals surface area contributed by atoms with Crippen LogP contribution in [0.5, 0.6) is 0 Å². The Bertz CT molecular complexity index is 738. The van der Waals surface area contributed by atoms with Crippen molar-refractivity contribution in [2.24, 2.45) is 0 Å². The SMILES string of the molecule is O=C(NC(Cc1ccccc1)C(=O)NCCNC1CCCCCC1)c1ccco1. The van der Waals surface area contributed by atoms with E-state index in [9.17, 15) is 9.59 Å². The number of furan rings is 1. The van der Waals surface area contributed by atoms with Crippen molar-refractivity contribution in [1.82, 2.24) is 16.0 Å². The molecule has 2 amide bonds. The van der Waals surface area contributed by atoms with E-state index < -0.39 is 6.04 Å². The largest absolute Gasteiger partial charge is 0.459 e. The average molecular weight is 398 g/mol. The fourth-order valence-corrected chi connectivity index (χ4v) is 3.76. The second-order valence-electron chi connectivity index (χ2n) is 7.63. The summed E-state index contributed by atoms with van der Waals surface area (Å²) in [6, 6.07) is 12.8. The maximum absolute atomic E-state index is 12.8. The minimum absolute atomic E-state index is 0.184. The van der Waals surface area contributed by atoms with Gasteiger partial charge in [0.15, 0.2) is 5.76 Å². The summed E-state index contributed by atoms with van der Waals surface area (Å²) in [5.74, 6) is -0.370. The van der Waals surface area contributed by atoms with E-state index in [1.54, 1.807) is 12.1 Å². The molecule has 1 heterocycles. The summed E-state index contributed by atoms with van der Waals surface area (Å²) in [6.07, 6.45) is 9.50. The lowest BCUT2D eigenvalue weighted by Gasteiger charge is -2.20. The molecule has 3 N–H and O–H groups in total. The van der Waals surface area contributed by atoms with Crippen LogP contribution in [0.1, 0.15) is 54.6 Å². The first-order valence-corrected chi connectivity index (χ1v) is 10.6. The minimum Gasteiger partial charge on any atom is -0.459 e. The van der Waals surface area contributed by atoms with Crippen LogP contribution >= 0.6 is 0 Å². The van der Waals surface area contributed by atoms with Gasteiger partial charge in [0.1, 0.15) is 6.04 Å². The molecule has 2 aromatic rings. The Hall–Kier alpha value is -2.60. The van der Waals surface area contributed by atoms with Crippen molar-refractivity contribution in [2.75, 3.05) is 13.1 Å². The van der Waals surface area contributed by atoms with Gasteiger partial charge in [0.05, 0.1) is 6.26 Å². The molecule has 156 valence electrons. The number of carbonyl (C=O) groups excluding carboxylic acids is 2. The third kappa shape index (κ3) is 7.06. The van der Waals surface area contributed by atoms with E-state index in [4.69, 9.17) is 4.42 Å². The highest BCUT2D eigenvalue weighted by atomic mass is 16.3. The van der Waals surface area contributed by atoms with Gasteiger partial charge < -0.3 is 20.4 Å². The van der Waals surface area contributed by atoms with Crippen LogP contribution in [0.25, 0.3) is 0 Å². The Morgan fingerprint density at radius 2 is 1.72 bits per heavy atom. The van der Waals surface area contributed by atoms with E-state index >= 15 is 0 Å². The van der Waals surface area contributed by atoms with Gasteiger partial charge in [-0.25, -0.2) is 0 Å². The second-order valence-corrected chi connectivity index (χ2v) is 7.63. The standard InChI is InChI=1S/C23H31N3O3/c27-22(25-15-14-24-19-11-6-1-2-7-12-19)20(17-18-9-4-3-5-10-18)26-23(28)21-13-8-16-29-21/h3-5,8-10,13,16,19-20,24H,1-2,6-7,11-12,14-15,17H2,(H,25,27)(H,26,28). The lowest BCUT2D eigenvalue weighted by Crippen LogP contribution is -2.49. The normalized spacial score (nSPS) is 16.0. The van der Waals surface area contributed by atoms with Crippen LogP contribution in [0.3, 0.4) is 0 Å². The van der Waals surface area contributed by atoms with E-state index in [1.165, 1.54) is 44.8 Å². The zero-order valence-electron chi connectivity index (χ0n) is 16.9. The minimum atomic E-state index is -0.659. The zero-order chi connectivity index (χ0) is 20.3. The number of hydrogen-bond acceptors (Lipinski definition) is 4. The quantitative estimate of drug-likeness (QED) is 0.449. The van der Waals surface area contributed by atoms with Crippen LogP contribution in [0.2, 0.25) is 0 Å². The summed E-state index contributed by atoms with van der Waals surface area (Å²) in [6.45, 7) is 1.28. The van der Waals surface area contributed by atoms with E-state index in [0.717, 1.165) is 12.1 Å². The summed E-state index contributed by atoms with van der Waals surface area (Å²) in [5, 5.41) is 9.31. The molecule has 0 spiro atoms. The zero-order valence-corrected chi connectivity index (χ0v) is 16.9. The Kier molecular flexibility index (Phi) is 8.31. The monoisotopic (exact) mass is 397 g/mol. The molecule has 3 rings (SSSR count). The van der Waals surface area contributed by atoms with Gasteiger partial charge in [0.25, 0.3) is 5.91 Å². The topological polar surface area (TPSA) is 83.4 Å². The van der Waals surface area contributed by atoms with Gasteiger partial charge in [-0.15, -0.1) is 0 Å². The molecule has 0 bridgehead atoms. The highest BCUT2D eigenvalue weighted by Crippen LogP contribution is 2.16. The highest BCUT2D eigenvalue weighted by Gasteiger charge is 2.23. The molecular formula is C23H31N3O3. The van der Waals surface area contributed by atoms with Crippen LogP contribution < -0.4 is 16.0 Å². The maximum atomic E-state index is 12.8. The Labute approximate surface area is 172 Å². The van der Waals surface area contributed by atoms with Crippen LogP contribution in [0.15, 0.2) is 53.1 Å². The molecule has 1 aromatic carbocycles. The summed E-state index contributed by atoms with van der Waals surface area (Å²) in [5.41, 5.74) is 0.990. The van der Waals surface area contributed by atoms with E-state index in [0.29, 0.717) is 19.0 Å². The van der Waals surface area contributed by atoms with Gasteiger partial charge in [-0.05, 0) is 30.5 Å². The molecule has 0 radical (unpaired) electrons. The molecule has 1 unspecified atom stereocenters. The molecule has 0 saturated heterocycles. The van der Waals surface area contributed by atoms with Crippen molar-refractivity contribution >= 4 is 11.8 Å². The van der Waals surface area contributed by atoms with Gasteiger partial charge in [-0.3, -0.25) is 9.59 Å². The van der Waals surface area contributed by atoms with Crippen molar-refractivity contribution in [3.8, 4) is 0 Å². The average Bonchev–Trinajstić information content (AvgIpc) is 3.16. The van der Waals surface area contributed by atoms with Crippen LogP contribution in [-0.4, -0.2) is 37.0 Å². The van der Waals surface area contributed by atoms with Crippen molar-refractivity contribution < 1.29 is 14.0 Å². The molecule has 1 aromatic heterocycles. The van der Waals surface area contributed by atoms with Crippen molar-refractivity contribution in [3.05, 3.63) is 60.1 Å². The number of amides is 2. The molecule has 6 nitrogen and oxygen atoms in total. The third-order valence-electron chi connectivity index (χ3n) is 5.36. The fourth-order valence-electron chi connectivity index (χ4n) is 3.76. The van der Waals surface area contributed by atoms with Crippen LogP contribution in [-0.2, 0) is 11.2 Å². The van der Waals surface area contributed by atoms with Crippen LogP contribution in [0.4, 0.5) is 0 Å². The van der Waals surface area contributed by atoms with E-state index in [1.807, 2.05) is 30.3 Å². The third-order valence-corrected chi connectivity index (χ3v) is 5.36. The maximum Gasteiger partial charge on any atom is 0.287 e. The second kappa shape index (κ2) is 11.4. The molecule has 0 aliphatic heterocycles. The lowest BCUT2D eigenvalue weighted by molar-refractivity contribution is -0.122. The first-order chi connectivity index (χ1) is 14.2. The molecule has 1 fully saturated rings. The van der Waals surface area contributed by atoms with Gasteiger partial charge in [-0.2, -0.15) is 0 Å². The number of carbonyl (C=O) groups is 2. The summed E-state index contributed by atoms with van der Waals surface area (Å²) < 4.78 is 5.15. The van der Waals surface area contributed by atoms with Crippen molar-refractivity contribution in [1.29, 1.82) is 0 Å². The van der Waals surface area contributed by atoms with Crippen molar-refractivity contribution in [2.45, 2.75) is 57.0 Å². The first kappa shape index (κ1) is 21.1. The molecule has 1 aliphatic rings. The summed E-state index contributed by atoms with van der Waals surface area (Å²) in [4.78, 5) is 25.2. The number of rotatable bonds is 9. The lowest BCUT2D eigenvalue weighted by atomic mass is 10.0. The first-order valence-electron chi connectivity index (χ1n) is 10.6. The Morgan fingerprint density at radius 3 is 2.41 bits per heavy atom. The van der Waals surface area contributed by atoms with Gasteiger partial charge >= 0.3 is 0 Å². The molecule has 1 saturated carbocycles. The molecule has 1 aliphatic carbocycles. The molecule has 1 atom stereocenters. The molecular weight excluding hydrogens is 366 g/mol. The number of hydrogen-bond donors (Lipinski definition) is 3. The summed E-state index contributed by atoms with van der Waals surface area (Å²) >= 11 is 0. The smallest absolute Gasteiger partial charge is 0.287 e.